The molecule has 0 amide bonds. The summed E-state index contributed by atoms with van der Waals surface area (Å²) in [5.41, 5.74) is 0. The van der Waals surface area contributed by atoms with E-state index in [2.05, 4.69) is 0 Å². The van der Waals surface area contributed by atoms with Crippen LogP contribution in [-0.4, -0.2) is 14.0 Å². The zero-order chi connectivity index (χ0) is 6.69. The van der Waals surface area contributed by atoms with E-state index in [-0.39, 0.29) is 5.25 Å². The molecule has 0 spiro atoms. The highest BCUT2D eigenvalue weighted by atomic mass is 32.2. The van der Waals surface area contributed by atoms with Gasteiger partial charge in [-0.15, -0.1) is 0 Å². The molecule has 0 saturated heterocycles. The summed E-state index contributed by atoms with van der Waals surface area (Å²) in [6.07, 6.45) is 6.55. The summed E-state index contributed by atoms with van der Waals surface area (Å²) >= 11 is -1.89. The van der Waals surface area contributed by atoms with Crippen LogP contribution in [0.4, 0.5) is 0 Å². The van der Waals surface area contributed by atoms with Crippen molar-refractivity contribution in [2.45, 2.75) is 24.5 Å². The Hall–Kier alpha value is -0.150. The lowest BCUT2D eigenvalue weighted by Gasteiger charge is -2.18. The van der Waals surface area contributed by atoms with Crippen molar-refractivity contribution in [1.82, 2.24) is 0 Å². The molecule has 2 unspecified atom stereocenters. The second-order valence-corrected chi connectivity index (χ2v) is 3.28. The van der Waals surface area contributed by atoms with Gasteiger partial charge in [-0.05, 0) is 30.3 Å². The SMILES string of the molecule is O=S([O-])C1C=CCCC1. The van der Waals surface area contributed by atoms with E-state index in [9.17, 15) is 8.76 Å². The van der Waals surface area contributed by atoms with Crippen LogP contribution in [0.5, 0.6) is 0 Å². The maximum atomic E-state index is 10.3. The molecule has 0 fully saturated rings. The fraction of sp³-hybridized carbons (Fsp3) is 0.667. The topological polar surface area (TPSA) is 40.1 Å². The molecule has 0 heterocycles. The van der Waals surface area contributed by atoms with E-state index in [0.717, 1.165) is 19.3 Å². The minimum absolute atomic E-state index is 0.209. The Bertz CT molecular complexity index is 142. The molecule has 0 saturated carbocycles. The van der Waals surface area contributed by atoms with Gasteiger partial charge < -0.3 is 4.55 Å². The second-order valence-electron chi connectivity index (χ2n) is 2.16. The molecule has 1 aliphatic carbocycles. The third kappa shape index (κ3) is 1.91. The average Bonchev–Trinajstić information content (AvgIpc) is 1.90. The van der Waals surface area contributed by atoms with Gasteiger partial charge in [0.15, 0.2) is 0 Å². The highest BCUT2D eigenvalue weighted by Crippen LogP contribution is 2.13. The van der Waals surface area contributed by atoms with Gasteiger partial charge in [0.2, 0.25) is 0 Å². The van der Waals surface area contributed by atoms with Crippen molar-refractivity contribution in [2.75, 3.05) is 0 Å². The van der Waals surface area contributed by atoms with Gasteiger partial charge in [-0.3, -0.25) is 4.21 Å². The monoisotopic (exact) mass is 145 g/mol. The van der Waals surface area contributed by atoms with Gasteiger partial charge in [-0.25, -0.2) is 0 Å². The van der Waals surface area contributed by atoms with Crippen LogP contribution >= 0.6 is 0 Å². The molecule has 52 valence electrons. The predicted molar refractivity (Wildman–Crippen MR) is 35.7 cm³/mol. The fourth-order valence-corrected chi connectivity index (χ4v) is 1.54. The van der Waals surface area contributed by atoms with E-state index < -0.39 is 11.1 Å². The highest BCUT2D eigenvalue weighted by Gasteiger charge is 2.06. The minimum atomic E-state index is -1.89. The van der Waals surface area contributed by atoms with Crippen LogP contribution in [0.15, 0.2) is 12.2 Å². The first-order chi connectivity index (χ1) is 4.30. The molecule has 9 heavy (non-hydrogen) atoms. The summed E-state index contributed by atoms with van der Waals surface area (Å²) < 4.78 is 20.6. The van der Waals surface area contributed by atoms with E-state index in [0.29, 0.717) is 0 Å². The third-order valence-corrected chi connectivity index (χ3v) is 2.34. The Labute approximate surface area is 57.2 Å². The quantitative estimate of drug-likeness (QED) is 0.407. The van der Waals surface area contributed by atoms with Gasteiger partial charge in [0, 0.05) is 5.25 Å². The maximum absolute atomic E-state index is 10.3. The van der Waals surface area contributed by atoms with E-state index in [1.807, 2.05) is 6.08 Å². The van der Waals surface area contributed by atoms with E-state index >= 15 is 0 Å². The summed E-state index contributed by atoms with van der Waals surface area (Å²) in [6, 6.07) is 0. The van der Waals surface area contributed by atoms with E-state index in [1.54, 1.807) is 6.08 Å². The Morgan fingerprint density at radius 1 is 1.67 bits per heavy atom. The molecular formula is C6H9O2S-. The molecular weight excluding hydrogens is 136 g/mol. The van der Waals surface area contributed by atoms with Crippen molar-refractivity contribution >= 4 is 11.1 Å². The van der Waals surface area contributed by atoms with Crippen molar-refractivity contribution in [3.8, 4) is 0 Å². The molecule has 2 nitrogen and oxygen atoms in total. The van der Waals surface area contributed by atoms with Crippen molar-refractivity contribution in [2.24, 2.45) is 0 Å². The molecule has 0 aromatic carbocycles. The van der Waals surface area contributed by atoms with Crippen LogP contribution in [0.1, 0.15) is 19.3 Å². The number of rotatable bonds is 1. The van der Waals surface area contributed by atoms with Crippen LogP contribution in [0.25, 0.3) is 0 Å². The van der Waals surface area contributed by atoms with Crippen molar-refractivity contribution in [1.29, 1.82) is 0 Å². The Morgan fingerprint density at radius 3 is 2.78 bits per heavy atom. The number of hydrogen-bond acceptors (Lipinski definition) is 2. The standard InChI is InChI=1S/C6H10O2S/c7-9(8)6-4-2-1-3-5-6/h2,4,6H,1,3,5H2,(H,7,8)/p-1. The first-order valence-corrected chi connectivity index (χ1v) is 4.19. The Morgan fingerprint density at radius 2 is 2.44 bits per heavy atom. The average molecular weight is 145 g/mol. The highest BCUT2D eigenvalue weighted by molar-refractivity contribution is 7.80. The normalized spacial score (nSPS) is 30.1. The van der Waals surface area contributed by atoms with Crippen LogP contribution in [0, 0.1) is 0 Å². The largest absolute Gasteiger partial charge is 0.772 e. The molecule has 2 atom stereocenters. The molecule has 0 aromatic rings. The van der Waals surface area contributed by atoms with Gasteiger partial charge in [0.25, 0.3) is 0 Å². The molecule has 0 aromatic heterocycles. The molecule has 0 radical (unpaired) electrons. The Kier molecular flexibility index (Phi) is 2.42. The first-order valence-electron chi connectivity index (χ1n) is 3.05. The Balaban J connectivity index is 2.50. The van der Waals surface area contributed by atoms with E-state index in [1.165, 1.54) is 0 Å². The zero-order valence-corrected chi connectivity index (χ0v) is 5.89. The molecule has 3 heteroatoms. The lowest BCUT2D eigenvalue weighted by atomic mass is 10.1. The van der Waals surface area contributed by atoms with Crippen LogP contribution < -0.4 is 0 Å². The fourth-order valence-electron chi connectivity index (χ4n) is 0.941. The van der Waals surface area contributed by atoms with Crippen LogP contribution in [0.2, 0.25) is 0 Å². The lowest BCUT2D eigenvalue weighted by molar-refractivity contribution is 0.521. The van der Waals surface area contributed by atoms with E-state index in [4.69, 9.17) is 0 Å². The van der Waals surface area contributed by atoms with Gasteiger partial charge >= 0.3 is 0 Å². The van der Waals surface area contributed by atoms with Gasteiger partial charge in [-0.2, -0.15) is 0 Å². The minimum Gasteiger partial charge on any atom is -0.772 e. The molecule has 1 rings (SSSR count). The lowest BCUT2D eigenvalue weighted by Crippen LogP contribution is -2.13. The van der Waals surface area contributed by atoms with Crippen molar-refractivity contribution < 1.29 is 8.76 Å². The van der Waals surface area contributed by atoms with Gasteiger partial charge in [0.05, 0.1) is 0 Å². The predicted octanol–water partition coefficient (Wildman–Crippen LogP) is 0.974. The maximum Gasteiger partial charge on any atom is 0.0395 e. The number of allylic oxidation sites excluding steroid dienone is 1. The molecule has 0 N–H and O–H groups in total. The van der Waals surface area contributed by atoms with Gasteiger partial charge in [-0.1, -0.05) is 12.2 Å². The first kappa shape index (κ1) is 6.96. The zero-order valence-electron chi connectivity index (χ0n) is 5.08. The molecule has 0 bridgehead atoms. The summed E-state index contributed by atoms with van der Waals surface area (Å²) in [5.74, 6) is 0. The second kappa shape index (κ2) is 3.13. The molecule has 0 aliphatic heterocycles. The van der Waals surface area contributed by atoms with Gasteiger partial charge in [0.1, 0.15) is 0 Å². The van der Waals surface area contributed by atoms with Crippen LogP contribution in [0.3, 0.4) is 0 Å². The third-order valence-electron chi connectivity index (χ3n) is 1.46. The smallest absolute Gasteiger partial charge is 0.0395 e. The summed E-state index contributed by atoms with van der Waals surface area (Å²) in [6.45, 7) is 0. The number of hydrogen-bond donors (Lipinski definition) is 0. The summed E-state index contributed by atoms with van der Waals surface area (Å²) in [5, 5.41) is -0.209. The molecule has 1 aliphatic rings. The summed E-state index contributed by atoms with van der Waals surface area (Å²) in [4.78, 5) is 0. The van der Waals surface area contributed by atoms with Crippen molar-refractivity contribution in [3.05, 3.63) is 12.2 Å². The van der Waals surface area contributed by atoms with Crippen molar-refractivity contribution in [3.63, 3.8) is 0 Å². The van der Waals surface area contributed by atoms with Crippen LogP contribution in [-0.2, 0) is 11.1 Å². The summed E-state index contributed by atoms with van der Waals surface area (Å²) in [7, 11) is 0.